The fourth-order valence-electron chi connectivity index (χ4n) is 1.31. The zero-order chi connectivity index (χ0) is 7.84. The third kappa shape index (κ3) is 0.927. The highest BCUT2D eigenvalue weighted by Gasteiger charge is 1.98. The van der Waals surface area contributed by atoms with E-state index in [2.05, 4.69) is 19.0 Å². The van der Waals surface area contributed by atoms with Gasteiger partial charge in [0.1, 0.15) is 7.85 Å². The van der Waals surface area contributed by atoms with Crippen molar-refractivity contribution in [1.82, 2.24) is 9.78 Å². The van der Waals surface area contributed by atoms with Gasteiger partial charge in [-0.2, -0.15) is 5.10 Å². The van der Waals surface area contributed by atoms with E-state index in [9.17, 15) is 0 Å². The zero-order valence-electron chi connectivity index (χ0n) is 6.70. The first kappa shape index (κ1) is 6.46. The molecule has 0 atom stereocenters. The lowest BCUT2D eigenvalue weighted by molar-refractivity contribution is 0.780. The molecule has 0 aliphatic rings. The van der Waals surface area contributed by atoms with Crippen LogP contribution in [-0.2, 0) is 7.05 Å². The van der Waals surface area contributed by atoms with Crippen LogP contribution in [0.2, 0.25) is 0 Å². The molecule has 2 aromatic rings. The van der Waals surface area contributed by atoms with Gasteiger partial charge in [0, 0.05) is 18.6 Å². The SMILES string of the molecule is Bc1cccc2nn(C)cc12. The van der Waals surface area contributed by atoms with E-state index in [0.717, 1.165) is 5.52 Å². The Labute approximate surface area is 66.2 Å². The standard InChI is InChI=1S/C8H9BN2/c1-11-5-6-7(9)3-2-4-8(6)10-11/h2-5H,9H2,1H3. The van der Waals surface area contributed by atoms with Crippen molar-refractivity contribution in [3.05, 3.63) is 24.4 Å². The van der Waals surface area contributed by atoms with Crippen molar-refractivity contribution in [1.29, 1.82) is 0 Å². The minimum absolute atomic E-state index is 1.08. The van der Waals surface area contributed by atoms with Crippen LogP contribution in [0, 0.1) is 0 Å². The number of hydrogen-bond donors (Lipinski definition) is 0. The third-order valence-corrected chi connectivity index (χ3v) is 1.88. The van der Waals surface area contributed by atoms with Crippen LogP contribution in [0.5, 0.6) is 0 Å². The largest absolute Gasteiger partial charge is 0.275 e. The number of fused-ring (bicyclic) bond motifs is 1. The summed E-state index contributed by atoms with van der Waals surface area (Å²) in [5.74, 6) is 0. The predicted molar refractivity (Wildman–Crippen MR) is 48.9 cm³/mol. The van der Waals surface area contributed by atoms with E-state index in [1.807, 2.05) is 30.1 Å². The monoisotopic (exact) mass is 144 g/mol. The highest BCUT2D eigenvalue weighted by molar-refractivity contribution is 6.38. The molecule has 0 spiro atoms. The molecular weight excluding hydrogens is 135 g/mol. The average Bonchev–Trinajstić information content (AvgIpc) is 2.31. The van der Waals surface area contributed by atoms with Gasteiger partial charge in [0.25, 0.3) is 0 Å². The van der Waals surface area contributed by atoms with Crippen LogP contribution in [-0.4, -0.2) is 17.6 Å². The Balaban J connectivity index is 2.90. The zero-order valence-corrected chi connectivity index (χ0v) is 6.70. The van der Waals surface area contributed by atoms with E-state index in [0.29, 0.717) is 0 Å². The lowest BCUT2D eigenvalue weighted by atomic mass is 9.93. The molecule has 0 aliphatic heterocycles. The molecule has 3 heteroatoms. The summed E-state index contributed by atoms with van der Waals surface area (Å²) in [7, 11) is 4.05. The fourth-order valence-corrected chi connectivity index (χ4v) is 1.31. The van der Waals surface area contributed by atoms with Crippen molar-refractivity contribution >= 4 is 24.2 Å². The Morgan fingerprint density at radius 2 is 2.27 bits per heavy atom. The van der Waals surface area contributed by atoms with Gasteiger partial charge in [0.05, 0.1) is 5.52 Å². The van der Waals surface area contributed by atoms with Gasteiger partial charge in [-0.25, -0.2) is 0 Å². The summed E-state index contributed by atoms with van der Waals surface area (Å²) in [6, 6.07) is 6.16. The summed E-state index contributed by atoms with van der Waals surface area (Å²) in [5.41, 5.74) is 2.36. The molecule has 1 aromatic heterocycles. The van der Waals surface area contributed by atoms with Crippen LogP contribution in [0.1, 0.15) is 0 Å². The summed E-state index contributed by atoms with van der Waals surface area (Å²) in [6.07, 6.45) is 2.05. The molecule has 0 radical (unpaired) electrons. The van der Waals surface area contributed by atoms with Gasteiger partial charge >= 0.3 is 0 Å². The molecule has 1 heterocycles. The van der Waals surface area contributed by atoms with Crippen LogP contribution >= 0.6 is 0 Å². The predicted octanol–water partition coefficient (Wildman–Crippen LogP) is -0.168. The molecule has 0 N–H and O–H groups in total. The molecule has 2 rings (SSSR count). The Kier molecular flexibility index (Phi) is 1.25. The van der Waals surface area contributed by atoms with Crippen LogP contribution in [0.3, 0.4) is 0 Å². The molecule has 0 aliphatic carbocycles. The van der Waals surface area contributed by atoms with Gasteiger partial charge in [-0.1, -0.05) is 17.6 Å². The number of aromatic nitrogens is 2. The van der Waals surface area contributed by atoms with Crippen molar-refractivity contribution in [2.45, 2.75) is 0 Å². The first-order chi connectivity index (χ1) is 5.27. The lowest BCUT2D eigenvalue weighted by Crippen LogP contribution is -2.00. The second-order valence-electron chi connectivity index (χ2n) is 2.81. The number of aryl methyl sites for hydroxylation is 1. The van der Waals surface area contributed by atoms with E-state index >= 15 is 0 Å². The van der Waals surface area contributed by atoms with Crippen molar-refractivity contribution in [3.63, 3.8) is 0 Å². The molecule has 11 heavy (non-hydrogen) atoms. The van der Waals surface area contributed by atoms with E-state index in [4.69, 9.17) is 0 Å². The van der Waals surface area contributed by atoms with Crippen molar-refractivity contribution in [3.8, 4) is 0 Å². The third-order valence-electron chi connectivity index (χ3n) is 1.88. The average molecular weight is 144 g/mol. The highest BCUT2D eigenvalue weighted by Crippen LogP contribution is 2.06. The second kappa shape index (κ2) is 2.12. The van der Waals surface area contributed by atoms with Gasteiger partial charge in [-0.3, -0.25) is 4.68 Å². The van der Waals surface area contributed by atoms with Gasteiger partial charge < -0.3 is 0 Å². The molecule has 0 fully saturated rings. The topological polar surface area (TPSA) is 17.8 Å². The van der Waals surface area contributed by atoms with E-state index in [-0.39, 0.29) is 0 Å². The molecule has 2 nitrogen and oxygen atoms in total. The number of benzene rings is 1. The molecule has 0 saturated heterocycles. The van der Waals surface area contributed by atoms with Gasteiger partial charge in [-0.15, -0.1) is 0 Å². The van der Waals surface area contributed by atoms with Gasteiger partial charge in [-0.05, 0) is 6.07 Å². The van der Waals surface area contributed by atoms with Crippen molar-refractivity contribution < 1.29 is 0 Å². The van der Waals surface area contributed by atoms with E-state index in [1.165, 1.54) is 10.8 Å². The molecule has 0 amide bonds. The highest BCUT2D eigenvalue weighted by atomic mass is 15.2. The Bertz CT molecular complexity index is 392. The Morgan fingerprint density at radius 3 is 3.00 bits per heavy atom. The van der Waals surface area contributed by atoms with Crippen molar-refractivity contribution in [2.24, 2.45) is 7.05 Å². The molecule has 0 unspecified atom stereocenters. The molecule has 0 saturated carbocycles. The minimum Gasteiger partial charge on any atom is -0.275 e. The Hall–Kier alpha value is -1.25. The summed E-state index contributed by atoms with van der Waals surface area (Å²) in [4.78, 5) is 0. The number of hydrogen-bond acceptors (Lipinski definition) is 1. The first-order valence-electron chi connectivity index (χ1n) is 3.66. The summed E-state index contributed by atoms with van der Waals surface area (Å²) in [5, 5.41) is 5.54. The summed E-state index contributed by atoms with van der Waals surface area (Å²) >= 11 is 0. The van der Waals surface area contributed by atoms with Crippen LogP contribution in [0.15, 0.2) is 24.4 Å². The summed E-state index contributed by atoms with van der Waals surface area (Å²) in [6.45, 7) is 0. The summed E-state index contributed by atoms with van der Waals surface area (Å²) < 4.78 is 1.84. The maximum absolute atomic E-state index is 4.29. The van der Waals surface area contributed by atoms with E-state index < -0.39 is 0 Å². The maximum Gasteiger partial charge on any atom is 0.140 e. The first-order valence-corrected chi connectivity index (χ1v) is 3.66. The number of nitrogens with zero attached hydrogens (tertiary/aromatic N) is 2. The smallest absolute Gasteiger partial charge is 0.140 e. The van der Waals surface area contributed by atoms with Crippen molar-refractivity contribution in [2.75, 3.05) is 0 Å². The van der Waals surface area contributed by atoms with Gasteiger partial charge in [0.2, 0.25) is 0 Å². The normalized spacial score (nSPS) is 10.6. The lowest BCUT2D eigenvalue weighted by Gasteiger charge is -1.90. The van der Waals surface area contributed by atoms with Crippen LogP contribution in [0.25, 0.3) is 10.9 Å². The van der Waals surface area contributed by atoms with Crippen LogP contribution < -0.4 is 5.46 Å². The molecule has 1 aromatic carbocycles. The quantitative estimate of drug-likeness (QED) is 0.469. The fraction of sp³-hybridized carbons (Fsp3) is 0.125. The number of rotatable bonds is 0. The minimum atomic E-state index is 1.08. The maximum atomic E-state index is 4.29. The van der Waals surface area contributed by atoms with Crippen LogP contribution in [0.4, 0.5) is 0 Å². The second-order valence-corrected chi connectivity index (χ2v) is 2.81. The molecule has 0 bridgehead atoms. The van der Waals surface area contributed by atoms with E-state index in [1.54, 1.807) is 0 Å². The van der Waals surface area contributed by atoms with Gasteiger partial charge in [0.15, 0.2) is 0 Å². The molecule has 54 valence electrons. The molecular formula is C8H9BN2. The Morgan fingerprint density at radius 1 is 1.45 bits per heavy atom.